The summed E-state index contributed by atoms with van der Waals surface area (Å²) < 4.78 is 0. The van der Waals surface area contributed by atoms with E-state index in [4.69, 9.17) is 0 Å². The number of aromatic amines is 1. The summed E-state index contributed by atoms with van der Waals surface area (Å²) >= 11 is 0. The van der Waals surface area contributed by atoms with Gasteiger partial charge in [-0.2, -0.15) is 0 Å². The minimum absolute atomic E-state index is 1.04. The fraction of sp³-hybridized carbons (Fsp3) is 0.300. The standard InChI is InChI=1S/C8H8N2.C2H6/c1-6-2-3-7-8(10-6)4-5-9-7;1-2/h2-5,9H,1H3;1-2H3. The van der Waals surface area contributed by atoms with Crippen molar-refractivity contribution in [3.05, 3.63) is 30.1 Å². The molecule has 0 spiro atoms. The summed E-state index contributed by atoms with van der Waals surface area (Å²) in [6.45, 7) is 5.99. The highest BCUT2D eigenvalue weighted by molar-refractivity contribution is 5.74. The first-order valence-electron chi connectivity index (χ1n) is 4.27. The molecule has 0 radical (unpaired) electrons. The van der Waals surface area contributed by atoms with Gasteiger partial charge in [-0.3, -0.25) is 4.98 Å². The van der Waals surface area contributed by atoms with Crippen LogP contribution in [0.25, 0.3) is 11.0 Å². The van der Waals surface area contributed by atoms with Crippen molar-refractivity contribution in [1.82, 2.24) is 9.97 Å². The second-order valence-electron chi connectivity index (χ2n) is 2.36. The molecule has 0 bridgehead atoms. The molecule has 0 saturated carbocycles. The Kier molecular flexibility index (Phi) is 2.86. The lowest BCUT2D eigenvalue weighted by molar-refractivity contribution is 1.26. The zero-order chi connectivity index (χ0) is 8.97. The van der Waals surface area contributed by atoms with Crippen molar-refractivity contribution in [3.8, 4) is 0 Å². The molecule has 2 aromatic heterocycles. The van der Waals surface area contributed by atoms with Crippen molar-refractivity contribution < 1.29 is 0 Å². The van der Waals surface area contributed by atoms with Crippen molar-refractivity contribution in [2.24, 2.45) is 0 Å². The third-order valence-corrected chi connectivity index (χ3v) is 1.54. The van der Waals surface area contributed by atoms with E-state index in [0.717, 1.165) is 16.7 Å². The Morgan fingerprint density at radius 2 is 1.92 bits per heavy atom. The summed E-state index contributed by atoms with van der Waals surface area (Å²) in [6.07, 6.45) is 1.90. The van der Waals surface area contributed by atoms with Crippen LogP contribution in [0.3, 0.4) is 0 Å². The van der Waals surface area contributed by atoms with Crippen molar-refractivity contribution in [2.45, 2.75) is 20.8 Å². The number of H-pyrrole nitrogens is 1. The average molecular weight is 162 g/mol. The second-order valence-corrected chi connectivity index (χ2v) is 2.36. The maximum absolute atomic E-state index is 4.30. The molecule has 0 aliphatic carbocycles. The van der Waals surface area contributed by atoms with Gasteiger partial charge in [0.15, 0.2) is 0 Å². The van der Waals surface area contributed by atoms with Crippen LogP contribution >= 0.6 is 0 Å². The number of nitrogens with zero attached hydrogens (tertiary/aromatic N) is 1. The second kappa shape index (κ2) is 3.90. The lowest BCUT2D eigenvalue weighted by Gasteiger charge is -1.89. The fourth-order valence-corrected chi connectivity index (χ4v) is 1.04. The maximum Gasteiger partial charge on any atom is 0.0881 e. The van der Waals surface area contributed by atoms with E-state index in [1.807, 2.05) is 45.2 Å². The molecule has 0 aliphatic rings. The highest BCUT2D eigenvalue weighted by Crippen LogP contribution is 2.08. The van der Waals surface area contributed by atoms with Gasteiger partial charge in [-0.05, 0) is 25.1 Å². The first kappa shape index (κ1) is 8.78. The molecule has 12 heavy (non-hydrogen) atoms. The van der Waals surface area contributed by atoms with Crippen LogP contribution in [0.5, 0.6) is 0 Å². The van der Waals surface area contributed by atoms with Crippen molar-refractivity contribution in [3.63, 3.8) is 0 Å². The van der Waals surface area contributed by atoms with Crippen LogP contribution in [0.15, 0.2) is 24.4 Å². The van der Waals surface area contributed by atoms with Crippen LogP contribution in [-0.2, 0) is 0 Å². The summed E-state index contributed by atoms with van der Waals surface area (Å²) in [7, 11) is 0. The summed E-state index contributed by atoms with van der Waals surface area (Å²) in [5.74, 6) is 0. The summed E-state index contributed by atoms with van der Waals surface area (Å²) in [5.41, 5.74) is 3.21. The van der Waals surface area contributed by atoms with Gasteiger partial charge in [0.1, 0.15) is 0 Å². The number of aryl methyl sites for hydroxylation is 1. The van der Waals surface area contributed by atoms with Crippen LogP contribution < -0.4 is 0 Å². The van der Waals surface area contributed by atoms with Crippen LogP contribution in [0.2, 0.25) is 0 Å². The topological polar surface area (TPSA) is 28.7 Å². The predicted molar refractivity (Wildman–Crippen MR) is 52.2 cm³/mol. The molecule has 64 valence electrons. The molecule has 2 heterocycles. The minimum atomic E-state index is 1.04. The lowest BCUT2D eigenvalue weighted by Crippen LogP contribution is -1.78. The smallest absolute Gasteiger partial charge is 0.0881 e. The van der Waals surface area contributed by atoms with Crippen molar-refractivity contribution >= 4 is 11.0 Å². The zero-order valence-electron chi connectivity index (χ0n) is 7.76. The largest absolute Gasteiger partial charge is 0.360 e. The molecule has 0 atom stereocenters. The minimum Gasteiger partial charge on any atom is -0.360 e. The third-order valence-electron chi connectivity index (χ3n) is 1.54. The van der Waals surface area contributed by atoms with Gasteiger partial charge in [0.2, 0.25) is 0 Å². The molecular weight excluding hydrogens is 148 g/mol. The molecule has 0 fully saturated rings. The van der Waals surface area contributed by atoms with E-state index in [0.29, 0.717) is 0 Å². The van der Waals surface area contributed by atoms with Crippen LogP contribution in [0.1, 0.15) is 19.5 Å². The highest BCUT2D eigenvalue weighted by Gasteiger charge is 1.92. The lowest BCUT2D eigenvalue weighted by atomic mass is 10.3. The van der Waals surface area contributed by atoms with Gasteiger partial charge in [-0.1, -0.05) is 13.8 Å². The molecule has 0 aliphatic heterocycles. The van der Waals surface area contributed by atoms with Gasteiger partial charge >= 0.3 is 0 Å². The normalized spacial score (nSPS) is 9.25. The number of fused-ring (bicyclic) bond motifs is 1. The van der Waals surface area contributed by atoms with Gasteiger partial charge in [-0.25, -0.2) is 0 Å². The molecule has 0 saturated heterocycles. The van der Waals surface area contributed by atoms with Gasteiger partial charge < -0.3 is 4.98 Å². The number of hydrogen-bond donors (Lipinski definition) is 1. The van der Waals surface area contributed by atoms with E-state index in [2.05, 4.69) is 9.97 Å². The Labute approximate surface area is 72.6 Å². The third kappa shape index (κ3) is 1.64. The van der Waals surface area contributed by atoms with E-state index in [1.54, 1.807) is 0 Å². The van der Waals surface area contributed by atoms with Crippen LogP contribution in [0.4, 0.5) is 0 Å². The number of aromatic nitrogens is 2. The number of hydrogen-bond acceptors (Lipinski definition) is 1. The van der Waals surface area contributed by atoms with E-state index in [-0.39, 0.29) is 0 Å². The Balaban J connectivity index is 0.000000336. The van der Waals surface area contributed by atoms with Crippen LogP contribution in [0, 0.1) is 6.92 Å². The van der Waals surface area contributed by atoms with Gasteiger partial charge in [0.05, 0.1) is 11.0 Å². The molecule has 1 N–H and O–H groups in total. The quantitative estimate of drug-likeness (QED) is 0.634. The number of rotatable bonds is 0. The summed E-state index contributed by atoms with van der Waals surface area (Å²) in [5, 5.41) is 0. The Hall–Kier alpha value is -1.31. The molecule has 2 aromatic rings. The zero-order valence-corrected chi connectivity index (χ0v) is 7.76. The van der Waals surface area contributed by atoms with E-state index >= 15 is 0 Å². The molecule has 0 unspecified atom stereocenters. The molecule has 2 rings (SSSR count). The summed E-state index contributed by atoms with van der Waals surface area (Å²) in [6, 6.07) is 6.01. The molecule has 0 amide bonds. The Morgan fingerprint density at radius 3 is 2.67 bits per heavy atom. The first-order chi connectivity index (χ1) is 5.86. The Bertz CT molecular complexity index is 349. The predicted octanol–water partition coefficient (Wildman–Crippen LogP) is 2.90. The van der Waals surface area contributed by atoms with Crippen molar-refractivity contribution in [2.75, 3.05) is 0 Å². The van der Waals surface area contributed by atoms with E-state index < -0.39 is 0 Å². The molecule has 0 aromatic carbocycles. The van der Waals surface area contributed by atoms with Gasteiger partial charge in [0, 0.05) is 11.9 Å². The number of nitrogens with one attached hydrogen (secondary N) is 1. The number of pyridine rings is 1. The molecule has 2 heteroatoms. The van der Waals surface area contributed by atoms with Gasteiger partial charge in [-0.15, -0.1) is 0 Å². The first-order valence-corrected chi connectivity index (χ1v) is 4.27. The monoisotopic (exact) mass is 162 g/mol. The van der Waals surface area contributed by atoms with E-state index in [1.165, 1.54) is 0 Å². The van der Waals surface area contributed by atoms with E-state index in [9.17, 15) is 0 Å². The Morgan fingerprint density at radius 1 is 1.17 bits per heavy atom. The van der Waals surface area contributed by atoms with Crippen molar-refractivity contribution in [1.29, 1.82) is 0 Å². The fourth-order valence-electron chi connectivity index (χ4n) is 1.04. The SMILES string of the molecule is CC.Cc1ccc2[nH]ccc2n1. The molecule has 2 nitrogen and oxygen atoms in total. The van der Waals surface area contributed by atoms with Crippen LogP contribution in [-0.4, -0.2) is 9.97 Å². The average Bonchev–Trinajstić information content (AvgIpc) is 2.54. The van der Waals surface area contributed by atoms with Gasteiger partial charge in [0.25, 0.3) is 0 Å². The highest BCUT2D eigenvalue weighted by atomic mass is 14.8. The summed E-state index contributed by atoms with van der Waals surface area (Å²) in [4.78, 5) is 7.39. The molecular formula is C10H14N2. The maximum atomic E-state index is 4.30.